The van der Waals surface area contributed by atoms with Gasteiger partial charge in [0.25, 0.3) is 5.91 Å². The normalized spacial score (nSPS) is 15.2. The minimum absolute atomic E-state index is 0.0229. The first-order valence-corrected chi connectivity index (χ1v) is 10.2. The van der Waals surface area contributed by atoms with E-state index in [4.69, 9.17) is 12.2 Å². The summed E-state index contributed by atoms with van der Waals surface area (Å²) in [5, 5.41) is 13.5. The number of carboxylic acid groups (broad SMARTS) is 1. The molecule has 2 amide bonds. The van der Waals surface area contributed by atoms with Crippen molar-refractivity contribution < 1.29 is 19.5 Å². The second kappa shape index (κ2) is 10.00. The summed E-state index contributed by atoms with van der Waals surface area (Å²) in [4.78, 5) is 37.5. The molecule has 30 heavy (non-hydrogen) atoms. The number of nitrogens with one attached hydrogen (secondary N) is 1. The van der Waals surface area contributed by atoms with Gasteiger partial charge in [-0.3, -0.25) is 14.5 Å². The van der Waals surface area contributed by atoms with Crippen LogP contribution in [-0.2, 0) is 9.59 Å². The number of carbonyl (C=O) groups is 3. The predicted molar refractivity (Wildman–Crippen MR) is 119 cm³/mol. The second-order valence-electron chi connectivity index (χ2n) is 6.29. The van der Waals surface area contributed by atoms with E-state index in [9.17, 15) is 19.5 Å². The Morgan fingerprint density at radius 2 is 1.90 bits per heavy atom. The third-order valence-electron chi connectivity index (χ3n) is 4.15. The number of allylic oxidation sites excluding steroid dienone is 2. The zero-order valence-corrected chi connectivity index (χ0v) is 17.4. The number of benzene rings is 2. The molecular weight excluding hydrogens is 420 g/mol. The zero-order valence-electron chi connectivity index (χ0n) is 15.7. The van der Waals surface area contributed by atoms with Crippen molar-refractivity contribution in [1.29, 1.82) is 0 Å². The highest BCUT2D eigenvalue weighted by Gasteiger charge is 2.31. The summed E-state index contributed by atoms with van der Waals surface area (Å²) >= 11 is 6.46. The predicted octanol–water partition coefficient (Wildman–Crippen LogP) is 2.84. The molecule has 0 atom stereocenters. The van der Waals surface area contributed by atoms with Crippen LogP contribution >= 0.6 is 24.0 Å². The van der Waals surface area contributed by atoms with Gasteiger partial charge in [-0.2, -0.15) is 0 Å². The van der Waals surface area contributed by atoms with Crippen LogP contribution in [0.4, 0.5) is 5.69 Å². The lowest BCUT2D eigenvalue weighted by molar-refractivity contribution is -0.255. The van der Waals surface area contributed by atoms with E-state index in [1.165, 1.54) is 34.9 Å². The van der Waals surface area contributed by atoms with E-state index >= 15 is 0 Å². The first-order valence-electron chi connectivity index (χ1n) is 9.02. The van der Waals surface area contributed by atoms with Crippen molar-refractivity contribution in [1.82, 2.24) is 4.90 Å². The maximum absolute atomic E-state index is 12.6. The van der Waals surface area contributed by atoms with Crippen molar-refractivity contribution in [2.45, 2.75) is 6.42 Å². The van der Waals surface area contributed by atoms with Gasteiger partial charge in [-0.25, -0.2) is 0 Å². The lowest BCUT2D eigenvalue weighted by Crippen LogP contribution is -2.31. The van der Waals surface area contributed by atoms with Crippen molar-refractivity contribution in [3.63, 3.8) is 0 Å². The summed E-state index contributed by atoms with van der Waals surface area (Å²) in [5.74, 6) is -1.92. The molecule has 0 saturated carbocycles. The Hall–Kier alpha value is -3.23. The summed E-state index contributed by atoms with van der Waals surface area (Å²) in [7, 11) is 0. The Bertz CT molecular complexity index is 1050. The van der Waals surface area contributed by atoms with Crippen LogP contribution in [-0.4, -0.2) is 33.5 Å². The quantitative estimate of drug-likeness (QED) is 0.529. The number of thioether (sulfide) groups is 1. The molecule has 0 unspecified atom stereocenters. The molecule has 152 valence electrons. The number of carboxylic acids is 1. The number of nitrogens with zero attached hydrogens (tertiary/aromatic N) is 1. The zero-order chi connectivity index (χ0) is 21.5. The molecule has 2 aromatic rings. The van der Waals surface area contributed by atoms with Crippen LogP contribution in [0.25, 0.3) is 6.08 Å². The Labute approximate surface area is 183 Å². The average Bonchev–Trinajstić information content (AvgIpc) is 3.00. The van der Waals surface area contributed by atoms with E-state index < -0.39 is 5.97 Å². The molecule has 6 nitrogen and oxygen atoms in total. The summed E-state index contributed by atoms with van der Waals surface area (Å²) in [5.41, 5.74) is 1.33. The number of aromatic carboxylic acids is 1. The van der Waals surface area contributed by atoms with Crippen molar-refractivity contribution in [3.05, 3.63) is 82.8 Å². The molecule has 0 bridgehead atoms. The van der Waals surface area contributed by atoms with E-state index in [0.717, 1.165) is 5.56 Å². The lowest BCUT2D eigenvalue weighted by atomic mass is 10.2. The minimum atomic E-state index is -1.32. The van der Waals surface area contributed by atoms with Crippen LogP contribution < -0.4 is 10.4 Å². The van der Waals surface area contributed by atoms with Crippen LogP contribution in [0.5, 0.6) is 0 Å². The molecule has 0 spiro atoms. The van der Waals surface area contributed by atoms with E-state index in [2.05, 4.69) is 5.32 Å². The molecule has 1 heterocycles. The highest BCUT2D eigenvalue weighted by atomic mass is 32.2. The number of anilines is 1. The number of thiocarbonyl (C=S) groups is 1. The van der Waals surface area contributed by atoms with E-state index in [1.807, 2.05) is 36.4 Å². The summed E-state index contributed by atoms with van der Waals surface area (Å²) < 4.78 is 0.395. The molecule has 1 aliphatic rings. The van der Waals surface area contributed by atoms with Gasteiger partial charge in [0.05, 0.1) is 10.9 Å². The number of hydrogen-bond donors (Lipinski definition) is 1. The van der Waals surface area contributed by atoms with Gasteiger partial charge < -0.3 is 15.2 Å². The summed E-state index contributed by atoms with van der Waals surface area (Å²) in [6.07, 6.45) is 5.41. The standard InChI is InChI=1S/C22H18N2O4S2/c25-19(23-17-10-5-9-16(14-17)21(27)28)12-13-24-20(26)18(30-22(24)29)11-4-8-15-6-2-1-3-7-15/h1-11,14H,12-13H2,(H,23,25)(H,27,28)/p-1/b8-4+,18-11+. The molecule has 1 fully saturated rings. The fourth-order valence-corrected chi connectivity index (χ4v) is 3.94. The van der Waals surface area contributed by atoms with Crippen LogP contribution in [0, 0.1) is 0 Å². The van der Waals surface area contributed by atoms with Crippen molar-refractivity contribution in [2.24, 2.45) is 0 Å². The summed E-state index contributed by atoms with van der Waals surface area (Å²) in [6.45, 7) is 0.135. The lowest BCUT2D eigenvalue weighted by Gasteiger charge is -2.14. The SMILES string of the molecule is O=C(CCN1C(=O)/C(=C\C=C\c2ccccc2)SC1=S)Nc1cccc(C(=O)[O-])c1. The van der Waals surface area contributed by atoms with Gasteiger partial charge in [0.1, 0.15) is 4.32 Å². The van der Waals surface area contributed by atoms with Gasteiger partial charge in [0, 0.05) is 18.7 Å². The maximum atomic E-state index is 12.6. The smallest absolute Gasteiger partial charge is 0.266 e. The van der Waals surface area contributed by atoms with Crippen molar-refractivity contribution in [2.75, 3.05) is 11.9 Å². The molecule has 3 rings (SSSR count). The fourth-order valence-electron chi connectivity index (χ4n) is 2.68. The first-order chi connectivity index (χ1) is 14.4. The van der Waals surface area contributed by atoms with E-state index in [1.54, 1.807) is 18.2 Å². The minimum Gasteiger partial charge on any atom is -0.545 e. The van der Waals surface area contributed by atoms with E-state index in [-0.39, 0.29) is 30.3 Å². The molecular formula is C22H17N2O4S2-. The largest absolute Gasteiger partial charge is 0.545 e. The van der Waals surface area contributed by atoms with Crippen molar-refractivity contribution >= 4 is 57.8 Å². The Balaban J connectivity index is 1.56. The molecule has 1 aliphatic heterocycles. The fraction of sp³-hybridized carbons (Fsp3) is 0.0909. The molecule has 0 aliphatic carbocycles. The molecule has 2 aromatic carbocycles. The number of carbonyl (C=O) groups excluding carboxylic acids is 3. The average molecular weight is 438 g/mol. The Kier molecular flexibility index (Phi) is 7.16. The van der Waals surface area contributed by atoms with E-state index in [0.29, 0.717) is 14.9 Å². The maximum Gasteiger partial charge on any atom is 0.266 e. The van der Waals surface area contributed by atoms with Crippen LogP contribution in [0.15, 0.2) is 71.7 Å². The van der Waals surface area contributed by atoms with Gasteiger partial charge in [-0.1, -0.05) is 78.6 Å². The number of amides is 2. The van der Waals surface area contributed by atoms with Gasteiger partial charge in [0.15, 0.2) is 0 Å². The highest BCUT2D eigenvalue weighted by Crippen LogP contribution is 2.31. The van der Waals surface area contributed by atoms with Gasteiger partial charge >= 0.3 is 0 Å². The molecule has 1 N–H and O–H groups in total. The second-order valence-corrected chi connectivity index (χ2v) is 7.97. The van der Waals surface area contributed by atoms with Gasteiger partial charge in [-0.05, 0) is 29.3 Å². The molecule has 1 saturated heterocycles. The summed E-state index contributed by atoms with van der Waals surface area (Å²) in [6, 6.07) is 15.5. The third-order valence-corrected chi connectivity index (χ3v) is 5.55. The Morgan fingerprint density at radius 3 is 2.63 bits per heavy atom. The molecule has 0 aromatic heterocycles. The molecule has 0 radical (unpaired) electrons. The highest BCUT2D eigenvalue weighted by molar-refractivity contribution is 8.26. The van der Waals surface area contributed by atoms with Crippen molar-refractivity contribution in [3.8, 4) is 0 Å². The Morgan fingerprint density at radius 1 is 1.13 bits per heavy atom. The van der Waals surface area contributed by atoms with Crippen LogP contribution in [0.1, 0.15) is 22.3 Å². The first kappa shape index (κ1) is 21.5. The monoisotopic (exact) mass is 437 g/mol. The van der Waals surface area contributed by atoms with Crippen LogP contribution in [0.3, 0.4) is 0 Å². The van der Waals surface area contributed by atoms with Gasteiger partial charge in [0.2, 0.25) is 5.91 Å². The molecule has 8 heteroatoms. The number of hydrogen-bond acceptors (Lipinski definition) is 6. The third kappa shape index (κ3) is 5.65. The number of rotatable bonds is 7. The topological polar surface area (TPSA) is 89.5 Å². The van der Waals surface area contributed by atoms with Gasteiger partial charge in [-0.15, -0.1) is 0 Å². The van der Waals surface area contributed by atoms with Crippen LogP contribution in [0.2, 0.25) is 0 Å².